The largest absolute Gasteiger partial charge is 0.505 e. The van der Waals surface area contributed by atoms with Crippen LogP contribution in [-0.4, -0.2) is 19.5 Å². The molecule has 1 heterocycles. The number of phenolic OH excluding ortho intramolecular Hbond substituents is 1. The van der Waals surface area contributed by atoms with Gasteiger partial charge in [-0.3, -0.25) is 4.72 Å². The van der Waals surface area contributed by atoms with Gasteiger partial charge in [-0.15, -0.1) is 0 Å². The maximum atomic E-state index is 14.4. The number of hydrogen-bond acceptors (Lipinski definition) is 5. The second-order valence-electron chi connectivity index (χ2n) is 6.61. The number of ether oxygens (including phenoxy) is 1. The van der Waals surface area contributed by atoms with E-state index in [1.54, 1.807) is 0 Å². The van der Waals surface area contributed by atoms with Crippen molar-refractivity contribution >= 4 is 33.3 Å². The number of benzene rings is 3. The molecule has 4 bridgehead atoms. The number of halogens is 4. The zero-order valence-electron chi connectivity index (χ0n) is 15.2. The van der Waals surface area contributed by atoms with Crippen molar-refractivity contribution in [1.29, 1.82) is 0 Å². The average Bonchev–Trinajstić information content (AvgIpc) is 2.71. The highest BCUT2D eigenvalue weighted by atomic mass is 35.5. The summed E-state index contributed by atoms with van der Waals surface area (Å²) < 4.78 is 75.1. The normalized spacial score (nSPS) is 14.9. The predicted octanol–water partition coefficient (Wildman–Crippen LogP) is 4.60. The minimum absolute atomic E-state index is 0.0546. The van der Waals surface area contributed by atoms with E-state index in [0.29, 0.717) is 0 Å². The molecule has 0 fully saturated rings. The van der Waals surface area contributed by atoms with Crippen LogP contribution in [0.15, 0.2) is 47.4 Å². The standard InChI is InChI=1S/C20H11ClF3NO5S/c21-14-3-11-6-17(19(14)26)31(28,29)25-16-5-10(4-15(23)18(16)24)13-7-12(22)2-1-9(13)8-30-20(11)27/h1-7,25-26H,8H2. The summed E-state index contributed by atoms with van der Waals surface area (Å²) in [5.74, 6) is -5.52. The van der Waals surface area contributed by atoms with Gasteiger partial charge in [-0.1, -0.05) is 17.7 Å². The highest BCUT2D eigenvalue weighted by molar-refractivity contribution is 7.92. The van der Waals surface area contributed by atoms with E-state index in [1.165, 1.54) is 6.07 Å². The van der Waals surface area contributed by atoms with Crippen molar-refractivity contribution < 1.29 is 36.2 Å². The molecule has 3 aromatic rings. The minimum Gasteiger partial charge on any atom is -0.505 e. The average molecular weight is 470 g/mol. The maximum Gasteiger partial charge on any atom is 0.338 e. The van der Waals surface area contributed by atoms with Crippen molar-refractivity contribution in [3.8, 4) is 16.9 Å². The summed E-state index contributed by atoms with van der Waals surface area (Å²) >= 11 is 5.85. The third-order valence-electron chi connectivity index (χ3n) is 4.57. The number of cyclic esters (lactones) is 1. The molecular formula is C20H11ClF3NO5S. The Labute approximate surface area is 178 Å². The molecule has 4 rings (SSSR count). The fraction of sp³-hybridized carbons (Fsp3) is 0.0500. The first-order valence-corrected chi connectivity index (χ1v) is 10.4. The van der Waals surface area contributed by atoms with Crippen molar-refractivity contribution in [2.24, 2.45) is 0 Å². The lowest BCUT2D eigenvalue weighted by molar-refractivity contribution is 0.0473. The smallest absolute Gasteiger partial charge is 0.338 e. The van der Waals surface area contributed by atoms with Gasteiger partial charge >= 0.3 is 5.97 Å². The lowest BCUT2D eigenvalue weighted by Gasteiger charge is -2.14. The highest BCUT2D eigenvalue weighted by Crippen LogP contribution is 2.36. The molecule has 1 aliphatic rings. The van der Waals surface area contributed by atoms with Crippen LogP contribution in [0, 0.1) is 17.5 Å². The number of aromatic hydroxyl groups is 1. The zero-order valence-corrected chi connectivity index (χ0v) is 16.8. The third kappa shape index (κ3) is 3.79. The van der Waals surface area contributed by atoms with Gasteiger partial charge in [-0.05, 0) is 53.1 Å². The number of carbonyl (C=O) groups is 1. The Bertz CT molecular complexity index is 1360. The summed E-state index contributed by atoms with van der Waals surface area (Å²) in [6, 6.07) is 6.87. The summed E-state index contributed by atoms with van der Waals surface area (Å²) in [5, 5.41) is 9.62. The molecule has 31 heavy (non-hydrogen) atoms. The van der Waals surface area contributed by atoms with Crippen molar-refractivity contribution in [3.63, 3.8) is 0 Å². The Morgan fingerprint density at radius 1 is 1.03 bits per heavy atom. The van der Waals surface area contributed by atoms with Crippen molar-refractivity contribution in [2.75, 3.05) is 4.72 Å². The van der Waals surface area contributed by atoms with E-state index in [4.69, 9.17) is 16.3 Å². The number of fused-ring (bicyclic) bond motifs is 6. The van der Waals surface area contributed by atoms with Gasteiger partial charge in [-0.2, -0.15) is 0 Å². The number of rotatable bonds is 0. The van der Waals surface area contributed by atoms with E-state index in [9.17, 15) is 31.5 Å². The molecule has 0 aliphatic carbocycles. The van der Waals surface area contributed by atoms with Gasteiger partial charge in [-0.25, -0.2) is 26.4 Å². The Morgan fingerprint density at radius 2 is 1.77 bits per heavy atom. The Balaban J connectivity index is 2.03. The molecule has 0 unspecified atom stereocenters. The zero-order chi connectivity index (χ0) is 22.5. The first-order chi connectivity index (χ1) is 14.6. The lowest BCUT2D eigenvalue weighted by atomic mass is 9.99. The van der Waals surface area contributed by atoms with Crippen LogP contribution in [0.25, 0.3) is 11.1 Å². The molecule has 0 saturated carbocycles. The second-order valence-corrected chi connectivity index (χ2v) is 8.67. The molecule has 1 aliphatic heterocycles. The molecule has 0 atom stereocenters. The van der Waals surface area contributed by atoms with Gasteiger partial charge in [0.2, 0.25) is 0 Å². The summed E-state index contributed by atoms with van der Waals surface area (Å²) in [5.41, 5.74) is -0.879. The van der Waals surface area contributed by atoms with Gasteiger partial charge in [0.15, 0.2) is 17.4 Å². The Kier molecular flexibility index (Phi) is 5.06. The van der Waals surface area contributed by atoms with Crippen molar-refractivity contribution in [2.45, 2.75) is 11.5 Å². The molecule has 3 aromatic carbocycles. The first kappa shape index (κ1) is 21.0. The SMILES string of the molecule is O=C1OCc2ccc(F)cc2-c2cc(F)c(F)c(c2)NS(=O)(=O)c2cc1cc(Cl)c2O. The van der Waals surface area contributed by atoms with E-state index >= 15 is 0 Å². The lowest BCUT2D eigenvalue weighted by Crippen LogP contribution is -2.16. The van der Waals surface area contributed by atoms with Crippen molar-refractivity contribution in [3.05, 3.63) is 76.1 Å². The molecule has 160 valence electrons. The third-order valence-corrected chi connectivity index (χ3v) is 6.23. The predicted molar refractivity (Wildman–Crippen MR) is 105 cm³/mol. The van der Waals surface area contributed by atoms with Gasteiger partial charge in [0.25, 0.3) is 10.0 Å². The number of nitrogens with one attached hydrogen (secondary N) is 1. The molecular weight excluding hydrogens is 459 g/mol. The number of hydrogen-bond donors (Lipinski definition) is 2. The maximum absolute atomic E-state index is 14.4. The highest BCUT2D eigenvalue weighted by Gasteiger charge is 2.27. The Hall–Kier alpha value is -3.24. The van der Waals surface area contributed by atoms with E-state index in [0.717, 1.165) is 36.4 Å². The van der Waals surface area contributed by atoms with E-state index in [1.807, 2.05) is 4.72 Å². The fourth-order valence-electron chi connectivity index (χ4n) is 3.09. The summed E-state index contributed by atoms with van der Waals surface area (Å²) in [6.07, 6.45) is 0. The molecule has 0 radical (unpaired) electrons. The summed E-state index contributed by atoms with van der Waals surface area (Å²) in [4.78, 5) is 11.6. The van der Waals surface area contributed by atoms with Crippen LogP contribution in [0.5, 0.6) is 5.75 Å². The topological polar surface area (TPSA) is 92.7 Å². The van der Waals surface area contributed by atoms with E-state index in [-0.39, 0.29) is 22.3 Å². The molecule has 0 spiro atoms. The van der Waals surface area contributed by atoms with Gasteiger partial charge in [0.1, 0.15) is 17.3 Å². The van der Waals surface area contributed by atoms with Crippen LogP contribution in [0.2, 0.25) is 5.02 Å². The summed E-state index contributed by atoms with van der Waals surface area (Å²) in [6.45, 7) is -0.392. The van der Waals surface area contributed by atoms with Gasteiger partial charge < -0.3 is 9.84 Å². The molecule has 0 aromatic heterocycles. The number of phenols is 1. The first-order valence-electron chi connectivity index (χ1n) is 8.57. The van der Waals surface area contributed by atoms with Crippen LogP contribution < -0.4 is 4.72 Å². The van der Waals surface area contributed by atoms with E-state index in [2.05, 4.69) is 0 Å². The monoisotopic (exact) mass is 469 g/mol. The van der Waals surface area contributed by atoms with Crippen LogP contribution >= 0.6 is 11.6 Å². The number of carbonyl (C=O) groups excluding carboxylic acids is 1. The Morgan fingerprint density at radius 3 is 2.52 bits per heavy atom. The number of esters is 1. The quantitative estimate of drug-likeness (QED) is 0.469. The molecule has 6 nitrogen and oxygen atoms in total. The molecule has 11 heteroatoms. The van der Waals surface area contributed by atoms with Gasteiger partial charge in [0.05, 0.1) is 16.3 Å². The van der Waals surface area contributed by atoms with Crippen LogP contribution in [0.3, 0.4) is 0 Å². The van der Waals surface area contributed by atoms with Crippen LogP contribution in [-0.2, 0) is 21.4 Å². The molecule has 0 saturated heterocycles. The van der Waals surface area contributed by atoms with Gasteiger partial charge in [0, 0.05) is 0 Å². The number of anilines is 1. The van der Waals surface area contributed by atoms with E-state index < -0.39 is 61.4 Å². The summed E-state index contributed by atoms with van der Waals surface area (Å²) in [7, 11) is -4.73. The van der Waals surface area contributed by atoms with Crippen LogP contribution in [0.1, 0.15) is 15.9 Å². The molecule has 2 N–H and O–H groups in total. The molecule has 0 amide bonds. The number of sulfonamides is 1. The van der Waals surface area contributed by atoms with Crippen molar-refractivity contribution in [1.82, 2.24) is 0 Å². The van der Waals surface area contributed by atoms with Crippen LogP contribution in [0.4, 0.5) is 18.9 Å². The fourth-order valence-corrected chi connectivity index (χ4v) is 4.56. The second kappa shape index (κ2) is 7.47. The minimum atomic E-state index is -4.73.